The predicted molar refractivity (Wildman–Crippen MR) is 72.6 cm³/mol. The van der Waals surface area contributed by atoms with E-state index in [9.17, 15) is 14.0 Å². The number of carboxylic acids is 1. The molecule has 21 heavy (non-hydrogen) atoms. The second kappa shape index (κ2) is 6.36. The Bertz CT molecular complexity index is 661. The van der Waals surface area contributed by atoms with Crippen LogP contribution in [0.25, 0.3) is 0 Å². The summed E-state index contributed by atoms with van der Waals surface area (Å²) in [5, 5.41) is 11.1. The van der Waals surface area contributed by atoms with Crippen LogP contribution < -0.4 is 5.32 Å². The monoisotopic (exact) mass is 311 g/mol. The summed E-state index contributed by atoms with van der Waals surface area (Å²) < 4.78 is 13.3. The van der Waals surface area contributed by atoms with Gasteiger partial charge in [-0.15, -0.1) is 0 Å². The van der Waals surface area contributed by atoms with E-state index in [4.69, 9.17) is 16.7 Å². The zero-order valence-electron chi connectivity index (χ0n) is 10.6. The Morgan fingerprint density at radius 1 is 1.48 bits per heavy atom. The molecule has 0 spiro atoms. The molecule has 0 bridgehead atoms. The number of imidazole rings is 1. The van der Waals surface area contributed by atoms with E-state index < -0.39 is 23.7 Å². The second-order valence-electron chi connectivity index (χ2n) is 4.25. The lowest BCUT2D eigenvalue weighted by Gasteiger charge is -2.14. The number of carbonyl (C=O) groups excluding carboxylic acids is 1. The minimum atomic E-state index is -1.22. The highest BCUT2D eigenvalue weighted by atomic mass is 35.5. The fraction of sp³-hybridized carbons (Fsp3) is 0.154. The van der Waals surface area contributed by atoms with Crippen molar-refractivity contribution < 1.29 is 19.1 Å². The number of carbonyl (C=O) groups is 2. The van der Waals surface area contributed by atoms with Crippen LogP contribution in [0.1, 0.15) is 16.1 Å². The molecule has 0 aliphatic rings. The van der Waals surface area contributed by atoms with Gasteiger partial charge in [0.1, 0.15) is 11.9 Å². The quantitative estimate of drug-likeness (QED) is 0.782. The van der Waals surface area contributed by atoms with Gasteiger partial charge < -0.3 is 15.4 Å². The SMILES string of the molecule is O=C(N[C@@H](Cc1cnc[nH]1)C(=O)O)c1cccc(F)c1Cl. The minimum absolute atomic E-state index is 0.0218. The Morgan fingerprint density at radius 2 is 2.24 bits per heavy atom. The molecule has 3 N–H and O–H groups in total. The van der Waals surface area contributed by atoms with Gasteiger partial charge in [0.15, 0.2) is 0 Å². The number of amides is 1. The van der Waals surface area contributed by atoms with E-state index in [1.165, 1.54) is 24.7 Å². The molecule has 8 heteroatoms. The van der Waals surface area contributed by atoms with E-state index in [0.29, 0.717) is 5.69 Å². The molecule has 1 atom stereocenters. The first kappa shape index (κ1) is 15.0. The maximum absolute atomic E-state index is 13.3. The first-order valence-electron chi connectivity index (χ1n) is 5.94. The number of rotatable bonds is 5. The van der Waals surface area contributed by atoms with Crippen LogP contribution >= 0.6 is 11.6 Å². The molecule has 0 fully saturated rings. The lowest BCUT2D eigenvalue weighted by molar-refractivity contribution is -0.139. The number of nitrogens with zero attached hydrogens (tertiary/aromatic N) is 1. The van der Waals surface area contributed by atoms with Crippen molar-refractivity contribution in [1.29, 1.82) is 0 Å². The van der Waals surface area contributed by atoms with E-state index in [0.717, 1.165) is 6.07 Å². The summed E-state index contributed by atoms with van der Waals surface area (Å²) in [6, 6.07) is 2.56. The number of nitrogens with one attached hydrogen (secondary N) is 2. The van der Waals surface area contributed by atoms with Crippen molar-refractivity contribution >= 4 is 23.5 Å². The first-order valence-corrected chi connectivity index (χ1v) is 6.31. The first-order chi connectivity index (χ1) is 9.99. The van der Waals surface area contributed by atoms with E-state index in [-0.39, 0.29) is 17.0 Å². The van der Waals surface area contributed by atoms with Crippen molar-refractivity contribution in [2.24, 2.45) is 0 Å². The zero-order valence-corrected chi connectivity index (χ0v) is 11.4. The Balaban J connectivity index is 2.15. The second-order valence-corrected chi connectivity index (χ2v) is 4.62. The van der Waals surface area contributed by atoms with Crippen LogP contribution in [0.4, 0.5) is 4.39 Å². The molecule has 1 aromatic carbocycles. The normalized spacial score (nSPS) is 11.9. The summed E-state index contributed by atoms with van der Waals surface area (Å²) in [4.78, 5) is 29.7. The number of carboxylic acid groups (broad SMARTS) is 1. The van der Waals surface area contributed by atoms with E-state index in [1.807, 2.05) is 0 Å². The number of aliphatic carboxylic acids is 1. The third-order valence-corrected chi connectivity index (χ3v) is 3.16. The van der Waals surface area contributed by atoms with Crippen LogP contribution in [0.15, 0.2) is 30.7 Å². The van der Waals surface area contributed by atoms with Crippen LogP contribution in [0.2, 0.25) is 5.02 Å². The standard InChI is InChI=1S/C13H11ClFN3O3/c14-11-8(2-1-3-9(11)15)12(19)18-10(13(20)21)4-7-5-16-6-17-7/h1-3,5-6,10H,4H2,(H,16,17)(H,18,19)(H,20,21)/t10-/m0/s1. The third-order valence-electron chi connectivity index (χ3n) is 2.78. The lowest BCUT2D eigenvalue weighted by atomic mass is 10.1. The molecule has 0 radical (unpaired) electrons. The fourth-order valence-electron chi connectivity index (χ4n) is 1.73. The number of hydrogen-bond acceptors (Lipinski definition) is 3. The largest absolute Gasteiger partial charge is 0.480 e. The van der Waals surface area contributed by atoms with Crippen LogP contribution in [0.3, 0.4) is 0 Å². The Kier molecular flexibility index (Phi) is 4.54. The molecule has 2 rings (SSSR count). The number of hydrogen-bond donors (Lipinski definition) is 3. The summed E-state index contributed by atoms with van der Waals surface area (Å²) in [5.41, 5.74) is 0.431. The maximum atomic E-state index is 13.3. The van der Waals surface area contributed by atoms with Gasteiger partial charge in [-0.05, 0) is 12.1 Å². The molecule has 0 unspecified atom stereocenters. The summed E-state index contributed by atoms with van der Waals surface area (Å²) in [6.07, 6.45) is 2.88. The van der Waals surface area contributed by atoms with Crippen LogP contribution in [-0.4, -0.2) is 33.0 Å². The molecule has 0 saturated heterocycles. The highest BCUT2D eigenvalue weighted by Gasteiger charge is 2.23. The summed E-state index contributed by atoms with van der Waals surface area (Å²) in [7, 11) is 0. The summed E-state index contributed by atoms with van der Waals surface area (Å²) in [5.74, 6) is -2.72. The maximum Gasteiger partial charge on any atom is 0.326 e. The van der Waals surface area contributed by atoms with Crippen molar-refractivity contribution in [1.82, 2.24) is 15.3 Å². The topological polar surface area (TPSA) is 95.1 Å². The Morgan fingerprint density at radius 3 is 2.86 bits per heavy atom. The predicted octanol–water partition coefficient (Wildman–Crippen LogP) is 1.63. The van der Waals surface area contributed by atoms with Gasteiger partial charge in [-0.2, -0.15) is 0 Å². The van der Waals surface area contributed by atoms with Crippen molar-refractivity contribution in [3.8, 4) is 0 Å². The van der Waals surface area contributed by atoms with E-state index in [2.05, 4.69) is 15.3 Å². The molecule has 0 aliphatic carbocycles. The van der Waals surface area contributed by atoms with Gasteiger partial charge in [-0.25, -0.2) is 14.2 Å². The zero-order chi connectivity index (χ0) is 15.4. The van der Waals surface area contributed by atoms with Crippen molar-refractivity contribution in [2.75, 3.05) is 0 Å². The molecule has 2 aromatic rings. The third kappa shape index (κ3) is 3.57. The van der Waals surface area contributed by atoms with Gasteiger partial charge in [0, 0.05) is 18.3 Å². The molecule has 0 saturated carbocycles. The Labute approximate surface area is 124 Å². The van der Waals surface area contributed by atoms with Gasteiger partial charge in [-0.1, -0.05) is 17.7 Å². The fourth-order valence-corrected chi connectivity index (χ4v) is 1.94. The number of halogens is 2. The van der Waals surface area contributed by atoms with E-state index in [1.54, 1.807) is 0 Å². The number of aromatic amines is 1. The highest BCUT2D eigenvalue weighted by molar-refractivity contribution is 6.34. The van der Waals surface area contributed by atoms with Crippen LogP contribution in [0, 0.1) is 5.82 Å². The van der Waals surface area contributed by atoms with Gasteiger partial charge in [-0.3, -0.25) is 4.79 Å². The molecule has 0 aliphatic heterocycles. The van der Waals surface area contributed by atoms with Crippen molar-refractivity contribution in [3.63, 3.8) is 0 Å². The lowest BCUT2D eigenvalue weighted by Crippen LogP contribution is -2.42. The molecular weight excluding hydrogens is 301 g/mol. The van der Waals surface area contributed by atoms with Gasteiger partial charge in [0.25, 0.3) is 5.91 Å². The number of aromatic nitrogens is 2. The number of benzene rings is 1. The summed E-state index contributed by atoms with van der Waals surface area (Å²) >= 11 is 5.69. The van der Waals surface area contributed by atoms with Crippen molar-refractivity contribution in [3.05, 3.63) is 52.8 Å². The molecule has 1 aromatic heterocycles. The average molecular weight is 312 g/mol. The van der Waals surface area contributed by atoms with Crippen LogP contribution in [-0.2, 0) is 11.2 Å². The van der Waals surface area contributed by atoms with Crippen molar-refractivity contribution in [2.45, 2.75) is 12.5 Å². The molecule has 110 valence electrons. The van der Waals surface area contributed by atoms with E-state index >= 15 is 0 Å². The molecular formula is C13H11ClFN3O3. The smallest absolute Gasteiger partial charge is 0.326 e. The van der Waals surface area contributed by atoms with Gasteiger partial charge in [0.05, 0.1) is 16.9 Å². The van der Waals surface area contributed by atoms with Crippen LogP contribution in [0.5, 0.6) is 0 Å². The highest BCUT2D eigenvalue weighted by Crippen LogP contribution is 2.19. The molecule has 6 nitrogen and oxygen atoms in total. The Hall–Kier alpha value is -2.41. The molecule has 1 heterocycles. The van der Waals surface area contributed by atoms with Gasteiger partial charge in [0.2, 0.25) is 0 Å². The van der Waals surface area contributed by atoms with Gasteiger partial charge >= 0.3 is 5.97 Å². The molecule has 1 amide bonds. The minimum Gasteiger partial charge on any atom is -0.480 e. The summed E-state index contributed by atoms with van der Waals surface area (Å²) in [6.45, 7) is 0. The number of H-pyrrole nitrogens is 1. The average Bonchev–Trinajstić information content (AvgIpc) is 2.93.